The molecule has 98 valence electrons. The largest absolute Gasteiger partial charge is 0.492 e. The highest BCUT2D eigenvalue weighted by molar-refractivity contribution is 7.15. The Kier molecular flexibility index (Phi) is 3.16. The molecule has 6 heteroatoms. The van der Waals surface area contributed by atoms with Crippen molar-refractivity contribution < 1.29 is 9.53 Å². The molecule has 1 aliphatic heterocycles. The smallest absolute Gasteiger partial charge is 0.233 e. The predicted molar refractivity (Wildman–Crippen MR) is 72.4 cm³/mol. The third kappa shape index (κ3) is 2.58. The molecule has 0 radical (unpaired) electrons. The molecular weight excluding hydrogens is 262 g/mol. The lowest BCUT2D eigenvalue weighted by Crippen LogP contribution is -2.32. The summed E-state index contributed by atoms with van der Waals surface area (Å²) in [5, 5.41) is 11.9. The molecular formula is C13H13N3O2S. The van der Waals surface area contributed by atoms with Gasteiger partial charge in [0.1, 0.15) is 17.4 Å². The molecule has 0 saturated carbocycles. The van der Waals surface area contributed by atoms with Gasteiger partial charge >= 0.3 is 0 Å². The van der Waals surface area contributed by atoms with Gasteiger partial charge < -0.3 is 10.1 Å². The first-order valence-corrected chi connectivity index (χ1v) is 6.85. The minimum absolute atomic E-state index is 0.0642. The van der Waals surface area contributed by atoms with Crippen LogP contribution in [-0.2, 0) is 11.2 Å². The molecule has 1 amide bonds. The van der Waals surface area contributed by atoms with Crippen LogP contribution in [0.2, 0.25) is 0 Å². The SMILES string of the molecule is Cc1nnc(NC(=O)C2COc3ccccc3C2)s1. The summed E-state index contributed by atoms with van der Waals surface area (Å²) in [4.78, 5) is 12.1. The first kappa shape index (κ1) is 12.1. The lowest BCUT2D eigenvalue weighted by molar-refractivity contribution is -0.121. The van der Waals surface area contributed by atoms with Crippen molar-refractivity contribution in [3.63, 3.8) is 0 Å². The average molecular weight is 275 g/mol. The quantitative estimate of drug-likeness (QED) is 0.911. The van der Waals surface area contributed by atoms with E-state index in [-0.39, 0.29) is 11.8 Å². The number of anilines is 1. The Hall–Kier alpha value is -1.95. The molecule has 19 heavy (non-hydrogen) atoms. The van der Waals surface area contributed by atoms with E-state index >= 15 is 0 Å². The molecule has 1 aliphatic rings. The van der Waals surface area contributed by atoms with Crippen LogP contribution < -0.4 is 10.1 Å². The Morgan fingerprint density at radius 1 is 1.42 bits per heavy atom. The van der Waals surface area contributed by atoms with E-state index in [2.05, 4.69) is 15.5 Å². The van der Waals surface area contributed by atoms with E-state index in [9.17, 15) is 4.79 Å². The number of hydrogen-bond acceptors (Lipinski definition) is 5. The van der Waals surface area contributed by atoms with Crippen LogP contribution in [0.25, 0.3) is 0 Å². The fraction of sp³-hybridized carbons (Fsp3) is 0.308. The molecule has 0 saturated heterocycles. The molecule has 1 N–H and O–H groups in total. The standard InChI is InChI=1S/C13H13N3O2S/c1-8-15-16-13(19-8)14-12(17)10-6-9-4-2-3-5-11(9)18-7-10/h2-5,10H,6-7H2,1H3,(H,14,16,17). The third-order valence-corrected chi connectivity index (χ3v) is 3.76. The summed E-state index contributed by atoms with van der Waals surface area (Å²) in [5.74, 6) is 0.628. The number of amides is 1. The summed E-state index contributed by atoms with van der Waals surface area (Å²) in [6.45, 7) is 2.26. The van der Waals surface area contributed by atoms with Crippen molar-refractivity contribution in [2.75, 3.05) is 11.9 Å². The van der Waals surface area contributed by atoms with Crippen molar-refractivity contribution in [2.45, 2.75) is 13.3 Å². The van der Waals surface area contributed by atoms with Crippen LogP contribution in [0.1, 0.15) is 10.6 Å². The number of para-hydroxylation sites is 1. The first-order chi connectivity index (χ1) is 9.22. The van der Waals surface area contributed by atoms with Gasteiger partial charge in [-0.25, -0.2) is 0 Å². The van der Waals surface area contributed by atoms with Gasteiger partial charge in [0.15, 0.2) is 0 Å². The highest BCUT2D eigenvalue weighted by Crippen LogP contribution is 2.27. The average Bonchev–Trinajstić information content (AvgIpc) is 2.83. The van der Waals surface area contributed by atoms with Crippen LogP contribution in [0.4, 0.5) is 5.13 Å². The van der Waals surface area contributed by atoms with Crippen LogP contribution in [0.15, 0.2) is 24.3 Å². The summed E-state index contributed by atoms with van der Waals surface area (Å²) in [7, 11) is 0. The number of benzene rings is 1. The van der Waals surface area contributed by atoms with Crippen molar-refractivity contribution in [1.29, 1.82) is 0 Å². The molecule has 1 unspecified atom stereocenters. The molecule has 0 fully saturated rings. The van der Waals surface area contributed by atoms with Crippen molar-refractivity contribution in [1.82, 2.24) is 10.2 Å². The first-order valence-electron chi connectivity index (χ1n) is 6.04. The number of hydrogen-bond donors (Lipinski definition) is 1. The van der Waals surface area contributed by atoms with Crippen molar-refractivity contribution in [3.8, 4) is 5.75 Å². The van der Waals surface area contributed by atoms with Gasteiger partial charge in [-0.05, 0) is 25.0 Å². The Morgan fingerprint density at radius 3 is 3.05 bits per heavy atom. The number of ether oxygens (including phenoxy) is 1. The van der Waals surface area contributed by atoms with Gasteiger partial charge in [0.2, 0.25) is 11.0 Å². The highest BCUT2D eigenvalue weighted by atomic mass is 32.1. The van der Waals surface area contributed by atoms with Crippen LogP contribution in [0, 0.1) is 12.8 Å². The summed E-state index contributed by atoms with van der Waals surface area (Å²) >= 11 is 1.37. The maximum Gasteiger partial charge on any atom is 0.233 e. The number of nitrogens with one attached hydrogen (secondary N) is 1. The van der Waals surface area contributed by atoms with Gasteiger partial charge in [-0.15, -0.1) is 10.2 Å². The van der Waals surface area contributed by atoms with Gasteiger partial charge in [0.25, 0.3) is 0 Å². The van der Waals surface area contributed by atoms with Crippen LogP contribution in [-0.4, -0.2) is 22.7 Å². The minimum Gasteiger partial charge on any atom is -0.492 e. The monoisotopic (exact) mass is 275 g/mol. The number of carbonyl (C=O) groups excluding carboxylic acids is 1. The minimum atomic E-state index is -0.181. The lowest BCUT2D eigenvalue weighted by Gasteiger charge is -2.23. The molecule has 0 bridgehead atoms. The number of aryl methyl sites for hydroxylation is 1. The summed E-state index contributed by atoms with van der Waals surface area (Å²) in [6, 6.07) is 7.81. The normalized spacial score (nSPS) is 17.4. The fourth-order valence-corrected chi connectivity index (χ4v) is 2.65. The van der Waals surface area contributed by atoms with Gasteiger partial charge in [-0.2, -0.15) is 0 Å². The van der Waals surface area contributed by atoms with E-state index in [1.807, 2.05) is 31.2 Å². The molecule has 2 heterocycles. The molecule has 0 aliphatic carbocycles. The van der Waals surface area contributed by atoms with Crippen LogP contribution in [0.3, 0.4) is 0 Å². The van der Waals surface area contributed by atoms with Crippen molar-refractivity contribution in [3.05, 3.63) is 34.8 Å². The second-order valence-corrected chi connectivity index (χ2v) is 5.62. The molecule has 0 spiro atoms. The highest BCUT2D eigenvalue weighted by Gasteiger charge is 2.26. The number of nitrogens with zero attached hydrogens (tertiary/aromatic N) is 2. The number of rotatable bonds is 2. The Balaban J connectivity index is 1.69. The van der Waals surface area contributed by atoms with E-state index < -0.39 is 0 Å². The number of fused-ring (bicyclic) bond motifs is 1. The second-order valence-electron chi connectivity index (χ2n) is 4.44. The van der Waals surface area contributed by atoms with Crippen LogP contribution >= 0.6 is 11.3 Å². The zero-order valence-electron chi connectivity index (χ0n) is 10.4. The molecule has 3 rings (SSSR count). The van der Waals surface area contributed by atoms with Crippen molar-refractivity contribution in [2.24, 2.45) is 5.92 Å². The zero-order chi connectivity index (χ0) is 13.2. The molecule has 1 atom stereocenters. The Labute approximate surface area is 114 Å². The van der Waals surface area contributed by atoms with Crippen LogP contribution in [0.5, 0.6) is 5.75 Å². The Bertz CT molecular complexity index is 611. The maximum absolute atomic E-state index is 12.1. The van der Waals surface area contributed by atoms with E-state index in [1.54, 1.807) is 0 Å². The molecule has 2 aromatic rings. The number of carbonyl (C=O) groups is 1. The van der Waals surface area contributed by atoms with E-state index in [0.717, 1.165) is 16.3 Å². The van der Waals surface area contributed by atoms with E-state index in [0.29, 0.717) is 18.2 Å². The lowest BCUT2D eigenvalue weighted by atomic mass is 9.96. The van der Waals surface area contributed by atoms with Gasteiger partial charge in [0, 0.05) is 0 Å². The molecule has 1 aromatic heterocycles. The van der Waals surface area contributed by atoms with E-state index in [1.165, 1.54) is 11.3 Å². The van der Waals surface area contributed by atoms with Gasteiger partial charge in [0.05, 0.1) is 5.92 Å². The second kappa shape index (κ2) is 4.97. The summed E-state index contributed by atoms with van der Waals surface area (Å²) < 4.78 is 5.61. The zero-order valence-corrected chi connectivity index (χ0v) is 11.2. The molecule has 5 nitrogen and oxygen atoms in total. The van der Waals surface area contributed by atoms with E-state index in [4.69, 9.17) is 4.74 Å². The number of aromatic nitrogens is 2. The summed E-state index contributed by atoms with van der Waals surface area (Å²) in [5.41, 5.74) is 1.07. The molecule has 1 aromatic carbocycles. The third-order valence-electron chi connectivity index (χ3n) is 3.01. The van der Waals surface area contributed by atoms with Gasteiger partial charge in [-0.1, -0.05) is 29.5 Å². The summed E-state index contributed by atoms with van der Waals surface area (Å²) in [6.07, 6.45) is 0.694. The van der Waals surface area contributed by atoms with Gasteiger partial charge in [-0.3, -0.25) is 4.79 Å². The van der Waals surface area contributed by atoms with Crippen molar-refractivity contribution >= 4 is 22.4 Å². The maximum atomic E-state index is 12.1. The Morgan fingerprint density at radius 2 is 2.26 bits per heavy atom. The topological polar surface area (TPSA) is 64.1 Å². The fourth-order valence-electron chi connectivity index (χ4n) is 2.05. The predicted octanol–water partition coefficient (Wildman–Crippen LogP) is 2.04.